The number of anilines is 1. The van der Waals surface area contributed by atoms with Crippen molar-refractivity contribution in [2.45, 2.75) is 20.1 Å². The summed E-state index contributed by atoms with van der Waals surface area (Å²) in [5.41, 5.74) is 3.76. The fourth-order valence-electron chi connectivity index (χ4n) is 3.37. The van der Waals surface area contributed by atoms with Crippen LogP contribution in [0.5, 0.6) is 5.88 Å². The van der Waals surface area contributed by atoms with E-state index in [1.165, 1.54) is 22.9 Å². The molecule has 0 atom stereocenters. The van der Waals surface area contributed by atoms with Crippen molar-refractivity contribution in [2.24, 2.45) is 0 Å². The van der Waals surface area contributed by atoms with Crippen LogP contribution in [0.2, 0.25) is 0 Å². The fourth-order valence-corrected chi connectivity index (χ4v) is 3.89. The van der Waals surface area contributed by atoms with Gasteiger partial charge in [-0.25, -0.2) is 0 Å². The number of aryl methyl sites for hydroxylation is 1. The van der Waals surface area contributed by atoms with Gasteiger partial charge in [0.1, 0.15) is 6.61 Å². The molecule has 1 aromatic heterocycles. The van der Waals surface area contributed by atoms with Crippen LogP contribution in [0.25, 0.3) is 0 Å². The molecule has 0 saturated carbocycles. The average molecular weight is 381 g/mol. The Hall–Kier alpha value is -2.44. The molecule has 140 valence electrons. The lowest BCUT2D eigenvalue weighted by Crippen LogP contribution is -2.46. The first-order chi connectivity index (χ1) is 13.3. The zero-order valence-electron chi connectivity index (χ0n) is 15.5. The molecule has 1 fully saturated rings. The lowest BCUT2D eigenvalue weighted by atomic mass is 10.1. The molecule has 0 radical (unpaired) electrons. The predicted octanol–water partition coefficient (Wildman–Crippen LogP) is 3.75. The lowest BCUT2D eigenvalue weighted by molar-refractivity contribution is 0.247. The Morgan fingerprint density at radius 2 is 1.70 bits per heavy atom. The Morgan fingerprint density at radius 3 is 2.48 bits per heavy atom. The van der Waals surface area contributed by atoms with Crippen molar-refractivity contribution in [3.8, 4) is 5.88 Å². The third-order valence-electron chi connectivity index (χ3n) is 4.82. The SMILES string of the molecule is Cc1cccc(COc2nsnc2N2CCN(Cc3ccccc3)CC2)c1. The van der Waals surface area contributed by atoms with Crippen molar-refractivity contribution < 1.29 is 4.74 Å². The van der Waals surface area contributed by atoms with Crippen LogP contribution in [-0.4, -0.2) is 39.8 Å². The number of hydrogen-bond acceptors (Lipinski definition) is 6. The second-order valence-electron chi connectivity index (χ2n) is 6.92. The van der Waals surface area contributed by atoms with Crippen molar-refractivity contribution in [3.63, 3.8) is 0 Å². The van der Waals surface area contributed by atoms with E-state index in [0.29, 0.717) is 12.5 Å². The molecule has 0 unspecified atom stereocenters. The number of rotatable bonds is 6. The molecule has 2 aromatic carbocycles. The van der Waals surface area contributed by atoms with E-state index in [2.05, 4.69) is 80.1 Å². The summed E-state index contributed by atoms with van der Waals surface area (Å²) in [7, 11) is 0. The topological polar surface area (TPSA) is 41.5 Å². The highest BCUT2D eigenvalue weighted by Crippen LogP contribution is 2.27. The summed E-state index contributed by atoms with van der Waals surface area (Å²) >= 11 is 1.22. The standard InChI is InChI=1S/C21H24N4OS/c1-17-6-5-9-19(14-17)16-26-21-20(22-27-23-21)25-12-10-24(11-13-25)15-18-7-3-2-4-8-18/h2-9,14H,10-13,15-16H2,1H3. The minimum atomic E-state index is 0.522. The maximum Gasteiger partial charge on any atom is 0.271 e. The van der Waals surface area contributed by atoms with Gasteiger partial charge < -0.3 is 9.64 Å². The summed E-state index contributed by atoms with van der Waals surface area (Å²) in [6, 6.07) is 19.0. The Labute approximate surface area is 164 Å². The van der Waals surface area contributed by atoms with Gasteiger partial charge in [-0.1, -0.05) is 60.2 Å². The van der Waals surface area contributed by atoms with Crippen LogP contribution >= 0.6 is 11.7 Å². The van der Waals surface area contributed by atoms with Crippen molar-refractivity contribution >= 4 is 17.5 Å². The molecule has 0 bridgehead atoms. The molecular formula is C21H24N4OS. The van der Waals surface area contributed by atoms with Crippen LogP contribution in [-0.2, 0) is 13.2 Å². The smallest absolute Gasteiger partial charge is 0.271 e. The van der Waals surface area contributed by atoms with Crippen LogP contribution in [0.15, 0.2) is 54.6 Å². The molecule has 0 amide bonds. The van der Waals surface area contributed by atoms with E-state index >= 15 is 0 Å². The second kappa shape index (κ2) is 8.50. The summed E-state index contributed by atoms with van der Waals surface area (Å²) in [6.45, 7) is 7.54. The van der Waals surface area contributed by atoms with E-state index in [9.17, 15) is 0 Å². The summed E-state index contributed by atoms with van der Waals surface area (Å²) < 4.78 is 14.8. The largest absolute Gasteiger partial charge is 0.470 e. The molecule has 4 rings (SSSR count). The van der Waals surface area contributed by atoms with Gasteiger partial charge in [0.25, 0.3) is 5.88 Å². The third kappa shape index (κ3) is 4.64. The van der Waals surface area contributed by atoms with Crippen LogP contribution < -0.4 is 9.64 Å². The highest BCUT2D eigenvalue weighted by atomic mass is 32.1. The summed E-state index contributed by atoms with van der Waals surface area (Å²) in [6.07, 6.45) is 0. The monoisotopic (exact) mass is 380 g/mol. The van der Waals surface area contributed by atoms with Crippen LogP contribution in [0.3, 0.4) is 0 Å². The van der Waals surface area contributed by atoms with Gasteiger partial charge >= 0.3 is 0 Å². The van der Waals surface area contributed by atoms with E-state index < -0.39 is 0 Å². The Bertz CT molecular complexity index is 859. The molecule has 0 aliphatic carbocycles. The van der Waals surface area contributed by atoms with Gasteiger partial charge in [-0.15, -0.1) is 4.37 Å². The normalized spacial score (nSPS) is 15.1. The summed E-state index contributed by atoms with van der Waals surface area (Å²) in [5, 5.41) is 0. The summed E-state index contributed by atoms with van der Waals surface area (Å²) in [5.74, 6) is 1.53. The van der Waals surface area contributed by atoms with E-state index in [-0.39, 0.29) is 0 Å². The molecule has 2 heterocycles. The number of aromatic nitrogens is 2. The first-order valence-electron chi connectivity index (χ1n) is 9.30. The second-order valence-corrected chi connectivity index (χ2v) is 7.45. The van der Waals surface area contributed by atoms with E-state index in [1.807, 2.05) is 0 Å². The van der Waals surface area contributed by atoms with Crippen molar-refractivity contribution in [3.05, 3.63) is 71.3 Å². The molecule has 5 nitrogen and oxygen atoms in total. The fraction of sp³-hybridized carbons (Fsp3) is 0.333. The minimum Gasteiger partial charge on any atom is -0.470 e. The average Bonchev–Trinajstić information content (AvgIpc) is 3.16. The van der Waals surface area contributed by atoms with E-state index in [1.54, 1.807) is 0 Å². The molecule has 0 N–H and O–H groups in total. The van der Waals surface area contributed by atoms with E-state index in [4.69, 9.17) is 4.74 Å². The zero-order valence-corrected chi connectivity index (χ0v) is 16.4. The number of ether oxygens (including phenoxy) is 1. The highest BCUT2D eigenvalue weighted by molar-refractivity contribution is 6.99. The molecule has 6 heteroatoms. The maximum atomic E-state index is 5.98. The summed E-state index contributed by atoms with van der Waals surface area (Å²) in [4.78, 5) is 4.77. The zero-order chi connectivity index (χ0) is 18.5. The molecular weight excluding hydrogens is 356 g/mol. The van der Waals surface area contributed by atoms with Crippen LogP contribution in [0.1, 0.15) is 16.7 Å². The molecule has 0 spiro atoms. The Balaban J connectivity index is 1.33. The van der Waals surface area contributed by atoms with Crippen molar-refractivity contribution in [1.82, 2.24) is 13.6 Å². The maximum absolute atomic E-state index is 5.98. The highest BCUT2D eigenvalue weighted by Gasteiger charge is 2.23. The van der Waals surface area contributed by atoms with Crippen molar-refractivity contribution in [2.75, 3.05) is 31.1 Å². The lowest BCUT2D eigenvalue weighted by Gasteiger charge is -2.34. The number of nitrogens with zero attached hydrogens (tertiary/aromatic N) is 4. The molecule has 27 heavy (non-hydrogen) atoms. The van der Waals surface area contributed by atoms with Gasteiger partial charge in [0.2, 0.25) is 5.82 Å². The van der Waals surface area contributed by atoms with Gasteiger partial charge in [-0.3, -0.25) is 4.90 Å². The quantitative estimate of drug-likeness (QED) is 0.651. The van der Waals surface area contributed by atoms with Gasteiger partial charge in [-0.05, 0) is 18.1 Å². The van der Waals surface area contributed by atoms with Gasteiger partial charge in [0, 0.05) is 32.7 Å². The third-order valence-corrected chi connectivity index (χ3v) is 5.32. The minimum absolute atomic E-state index is 0.522. The Kier molecular flexibility index (Phi) is 5.65. The number of piperazine rings is 1. The van der Waals surface area contributed by atoms with Crippen molar-refractivity contribution in [1.29, 1.82) is 0 Å². The van der Waals surface area contributed by atoms with Gasteiger partial charge in [0.05, 0.1) is 11.7 Å². The molecule has 3 aromatic rings. The van der Waals surface area contributed by atoms with Gasteiger partial charge in [-0.2, -0.15) is 4.37 Å². The first kappa shape index (κ1) is 17.9. The first-order valence-corrected chi connectivity index (χ1v) is 10.0. The predicted molar refractivity (Wildman–Crippen MR) is 109 cm³/mol. The molecule has 1 saturated heterocycles. The van der Waals surface area contributed by atoms with E-state index in [0.717, 1.165) is 44.1 Å². The van der Waals surface area contributed by atoms with Crippen LogP contribution in [0, 0.1) is 6.92 Å². The van der Waals surface area contributed by atoms with Gasteiger partial charge in [0.15, 0.2) is 0 Å². The molecule has 1 aliphatic rings. The number of hydrogen-bond donors (Lipinski definition) is 0. The number of benzene rings is 2. The molecule has 1 aliphatic heterocycles. The Morgan fingerprint density at radius 1 is 0.926 bits per heavy atom. The van der Waals surface area contributed by atoms with Crippen LogP contribution in [0.4, 0.5) is 5.82 Å².